The van der Waals surface area contributed by atoms with Gasteiger partial charge in [-0.3, -0.25) is 9.69 Å². The van der Waals surface area contributed by atoms with E-state index in [2.05, 4.69) is 20.6 Å². The number of urea groups is 1. The van der Waals surface area contributed by atoms with E-state index in [1.54, 1.807) is 60.0 Å². The summed E-state index contributed by atoms with van der Waals surface area (Å²) in [7, 11) is -2.08. The number of nitrogens with one attached hydrogen (secondary N) is 2. The minimum Gasteiger partial charge on any atom is -0.494 e. The molecule has 2 fully saturated rings. The summed E-state index contributed by atoms with van der Waals surface area (Å²) < 4.78 is 31.4. The second-order valence-electron chi connectivity index (χ2n) is 11.0. The van der Waals surface area contributed by atoms with Crippen LogP contribution in [0, 0.1) is 0 Å². The van der Waals surface area contributed by atoms with Crippen molar-refractivity contribution in [3.63, 3.8) is 0 Å². The standard InChI is InChI=1S/C30H36ClN7O6S/c1-19(2)45(42,43)26-9-5-4-8-24(26)33-28-22(31)16-32-29(35-28)34-23-11-10-20(15-25(23)44-3)38-14-13-36(30(38)41)17-27(40)37-12-6-7-21(37)18-39/h4-5,8-11,15-16,19,21,39H,6-7,12-14,17-18H2,1-3H3,(H2,32,33,34,35)/t21-/m0/s1. The molecular weight excluding hydrogens is 622 g/mol. The first kappa shape index (κ1) is 32.3. The molecule has 3 amide bonds. The van der Waals surface area contributed by atoms with Gasteiger partial charge in [-0.25, -0.2) is 18.2 Å². The molecule has 3 N–H and O–H groups in total. The lowest BCUT2D eigenvalue weighted by atomic mass is 10.2. The highest BCUT2D eigenvalue weighted by Crippen LogP contribution is 2.34. The molecule has 0 aliphatic carbocycles. The fourth-order valence-electron chi connectivity index (χ4n) is 5.36. The summed E-state index contributed by atoms with van der Waals surface area (Å²) in [6.07, 6.45) is 2.99. The molecule has 0 unspecified atom stereocenters. The predicted octanol–water partition coefficient (Wildman–Crippen LogP) is 4.03. The third kappa shape index (κ3) is 6.77. The summed E-state index contributed by atoms with van der Waals surface area (Å²) in [5.41, 5.74) is 1.44. The van der Waals surface area contributed by atoms with E-state index in [9.17, 15) is 23.1 Å². The van der Waals surface area contributed by atoms with Crippen molar-refractivity contribution < 1.29 is 27.9 Å². The molecule has 0 spiro atoms. The number of halogens is 1. The molecule has 2 aromatic carbocycles. The third-order valence-corrected chi connectivity index (χ3v) is 10.4. The van der Waals surface area contributed by atoms with Crippen LogP contribution in [0.4, 0.5) is 33.6 Å². The molecule has 2 aliphatic rings. The highest BCUT2D eigenvalue weighted by Gasteiger charge is 2.35. The van der Waals surface area contributed by atoms with Crippen LogP contribution in [0.1, 0.15) is 26.7 Å². The lowest BCUT2D eigenvalue weighted by Gasteiger charge is -2.26. The Balaban J connectivity index is 1.30. The van der Waals surface area contributed by atoms with Crippen LogP contribution in [0.25, 0.3) is 0 Å². The number of carbonyl (C=O) groups is 2. The predicted molar refractivity (Wildman–Crippen MR) is 172 cm³/mol. The molecule has 5 rings (SSSR count). The maximum Gasteiger partial charge on any atom is 0.325 e. The molecule has 0 saturated carbocycles. The van der Waals surface area contributed by atoms with Crippen molar-refractivity contribution in [2.75, 3.05) is 55.4 Å². The number of rotatable bonds is 11. The van der Waals surface area contributed by atoms with Crippen molar-refractivity contribution in [2.24, 2.45) is 0 Å². The number of likely N-dealkylation sites (tertiary alicyclic amines) is 1. The number of sulfone groups is 1. The molecule has 1 atom stereocenters. The summed E-state index contributed by atoms with van der Waals surface area (Å²) in [5, 5.41) is 15.2. The molecule has 3 heterocycles. The van der Waals surface area contributed by atoms with E-state index >= 15 is 0 Å². The summed E-state index contributed by atoms with van der Waals surface area (Å²) >= 11 is 6.37. The molecule has 2 saturated heterocycles. The SMILES string of the molecule is COc1cc(N2CCN(CC(=O)N3CCC[C@H]3CO)C2=O)ccc1Nc1ncc(Cl)c(Nc2ccccc2S(=O)(=O)C(C)C)n1. The number of aromatic nitrogens is 2. The van der Waals surface area contributed by atoms with Gasteiger partial charge in [-0.15, -0.1) is 0 Å². The van der Waals surface area contributed by atoms with Gasteiger partial charge >= 0.3 is 6.03 Å². The maximum atomic E-state index is 13.2. The van der Waals surface area contributed by atoms with Crippen LogP contribution in [-0.4, -0.2) is 96.4 Å². The number of amides is 3. The van der Waals surface area contributed by atoms with E-state index in [0.717, 1.165) is 12.8 Å². The Morgan fingerprint density at radius 3 is 2.64 bits per heavy atom. The molecule has 0 radical (unpaired) electrons. The number of hydrogen-bond acceptors (Lipinski definition) is 10. The molecule has 15 heteroatoms. The van der Waals surface area contributed by atoms with E-state index in [4.69, 9.17) is 16.3 Å². The Morgan fingerprint density at radius 2 is 1.91 bits per heavy atom. The van der Waals surface area contributed by atoms with E-state index in [1.807, 2.05) is 0 Å². The number of benzene rings is 2. The van der Waals surface area contributed by atoms with Crippen molar-refractivity contribution in [3.8, 4) is 5.75 Å². The van der Waals surface area contributed by atoms with Crippen LogP contribution in [0.5, 0.6) is 5.75 Å². The second kappa shape index (κ2) is 13.5. The summed E-state index contributed by atoms with van der Waals surface area (Å²) in [6, 6.07) is 11.2. The molecule has 3 aromatic rings. The van der Waals surface area contributed by atoms with Gasteiger partial charge in [-0.2, -0.15) is 4.98 Å². The van der Waals surface area contributed by atoms with Gasteiger partial charge in [0.05, 0.1) is 47.5 Å². The molecular formula is C30H36ClN7O6S. The molecule has 45 heavy (non-hydrogen) atoms. The average Bonchev–Trinajstić information content (AvgIpc) is 3.66. The summed E-state index contributed by atoms with van der Waals surface area (Å²) in [4.78, 5) is 39.7. The summed E-state index contributed by atoms with van der Waals surface area (Å²) in [6.45, 7) is 4.48. The van der Waals surface area contributed by atoms with Crippen LogP contribution in [0.15, 0.2) is 53.6 Å². The fraction of sp³-hybridized carbons (Fsp3) is 0.400. The van der Waals surface area contributed by atoms with Crippen LogP contribution in [-0.2, 0) is 14.6 Å². The fourth-order valence-corrected chi connectivity index (χ4v) is 6.70. The molecule has 13 nitrogen and oxygen atoms in total. The zero-order valence-electron chi connectivity index (χ0n) is 25.2. The highest BCUT2D eigenvalue weighted by molar-refractivity contribution is 7.92. The normalized spacial score (nSPS) is 16.9. The molecule has 1 aromatic heterocycles. The highest BCUT2D eigenvalue weighted by atomic mass is 35.5. The number of aliphatic hydroxyl groups is 1. The van der Waals surface area contributed by atoms with Gasteiger partial charge in [0.25, 0.3) is 0 Å². The van der Waals surface area contributed by atoms with Crippen LogP contribution < -0.4 is 20.3 Å². The Morgan fingerprint density at radius 1 is 1.13 bits per heavy atom. The molecule has 2 aliphatic heterocycles. The van der Waals surface area contributed by atoms with E-state index in [-0.39, 0.29) is 52.8 Å². The van der Waals surface area contributed by atoms with Crippen molar-refractivity contribution in [1.29, 1.82) is 0 Å². The van der Waals surface area contributed by atoms with Gasteiger partial charge < -0.3 is 30.3 Å². The number of aliphatic hydroxyl groups excluding tert-OH is 1. The minimum absolute atomic E-state index is 0.0409. The summed E-state index contributed by atoms with van der Waals surface area (Å²) in [5.74, 6) is 0.620. The number of nitrogens with zero attached hydrogens (tertiary/aromatic N) is 5. The van der Waals surface area contributed by atoms with E-state index in [1.165, 1.54) is 24.3 Å². The van der Waals surface area contributed by atoms with E-state index in [0.29, 0.717) is 42.4 Å². The van der Waals surface area contributed by atoms with Crippen LogP contribution >= 0.6 is 11.6 Å². The van der Waals surface area contributed by atoms with Gasteiger partial charge in [-0.05, 0) is 51.0 Å². The Hall–Kier alpha value is -4.14. The lowest BCUT2D eigenvalue weighted by Crippen LogP contribution is -2.45. The average molecular weight is 658 g/mol. The third-order valence-electron chi connectivity index (χ3n) is 7.88. The number of para-hydroxylation sites is 1. The van der Waals surface area contributed by atoms with Gasteiger partial charge in [0, 0.05) is 31.4 Å². The van der Waals surface area contributed by atoms with Crippen LogP contribution in [0.2, 0.25) is 5.02 Å². The first-order chi connectivity index (χ1) is 21.5. The van der Waals surface area contributed by atoms with Crippen molar-refractivity contribution in [1.82, 2.24) is 19.8 Å². The number of ether oxygens (including phenoxy) is 1. The smallest absolute Gasteiger partial charge is 0.325 e. The monoisotopic (exact) mass is 657 g/mol. The van der Waals surface area contributed by atoms with Crippen molar-refractivity contribution >= 4 is 62.2 Å². The quantitative estimate of drug-likeness (QED) is 0.275. The second-order valence-corrected chi connectivity index (χ2v) is 13.9. The Kier molecular flexibility index (Phi) is 9.65. The zero-order valence-corrected chi connectivity index (χ0v) is 26.8. The number of hydrogen-bond donors (Lipinski definition) is 3. The van der Waals surface area contributed by atoms with E-state index < -0.39 is 15.1 Å². The largest absolute Gasteiger partial charge is 0.494 e. The van der Waals surface area contributed by atoms with Gasteiger partial charge in [-0.1, -0.05) is 23.7 Å². The number of carbonyl (C=O) groups excluding carboxylic acids is 2. The number of anilines is 5. The van der Waals surface area contributed by atoms with Crippen molar-refractivity contribution in [3.05, 3.63) is 53.7 Å². The number of methoxy groups -OCH3 is 1. The first-order valence-corrected chi connectivity index (χ1v) is 16.5. The maximum absolute atomic E-state index is 13.2. The Bertz CT molecular complexity index is 1690. The van der Waals surface area contributed by atoms with Crippen molar-refractivity contribution in [2.45, 2.75) is 42.9 Å². The molecule has 0 bridgehead atoms. The Labute approximate surface area is 267 Å². The first-order valence-electron chi connectivity index (χ1n) is 14.6. The molecule has 240 valence electrons. The lowest BCUT2D eigenvalue weighted by molar-refractivity contribution is -0.133. The van der Waals surface area contributed by atoms with Gasteiger partial charge in [0.15, 0.2) is 15.7 Å². The zero-order chi connectivity index (χ0) is 32.3. The van der Waals surface area contributed by atoms with Gasteiger partial charge in [0.2, 0.25) is 11.9 Å². The van der Waals surface area contributed by atoms with Crippen LogP contribution in [0.3, 0.4) is 0 Å². The minimum atomic E-state index is -3.58. The van der Waals surface area contributed by atoms with Gasteiger partial charge in [0.1, 0.15) is 17.3 Å². The topological polar surface area (TPSA) is 157 Å².